The van der Waals surface area contributed by atoms with Crippen LogP contribution in [-0.2, 0) is 28.7 Å². The van der Waals surface area contributed by atoms with Gasteiger partial charge < -0.3 is 35.8 Å². The topological polar surface area (TPSA) is 177 Å². The zero-order valence-electron chi connectivity index (χ0n) is 25.6. The summed E-state index contributed by atoms with van der Waals surface area (Å²) in [5.41, 5.74) is 4.69. The Morgan fingerprint density at radius 2 is 1.64 bits per heavy atom. The van der Waals surface area contributed by atoms with Crippen molar-refractivity contribution in [3.63, 3.8) is 0 Å². The minimum Gasteiger partial charge on any atom is -0.508 e. The molecule has 0 aromatic heterocycles. The predicted molar refractivity (Wildman–Crippen MR) is 157 cm³/mol. The number of alkyl carbamates (subject to hydrolysis) is 1. The van der Waals surface area contributed by atoms with E-state index in [1.165, 1.54) is 17.0 Å². The number of unbranched alkanes of at least 4 members (excludes halogenated alkanes) is 5. The van der Waals surface area contributed by atoms with Crippen LogP contribution in [-0.4, -0.2) is 71.1 Å². The molecule has 236 valence electrons. The summed E-state index contributed by atoms with van der Waals surface area (Å²) in [6, 6.07) is 3.32. The first-order valence-electron chi connectivity index (χ1n) is 14.6. The number of amides is 4. The number of benzene rings is 1. The van der Waals surface area contributed by atoms with E-state index in [2.05, 4.69) is 17.6 Å². The van der Waals surface area contributed by atoms with E-state index in [0.29, 0.717) is 6.42 Å². The highest BCUT2D eigenvalue weighted by Crippen LogP contribution is 2.30. The van der Waals surface area contributed by atoms with Gasteiger partial charge in [0.25, 0.3) is 0 Å². The molecule has 12 heteroatoms. The van der Waals surface area contributed by atoms with E-state index in [1.54, 1.807) is 39.8 Å². The van der Waals surface area contributed by atoms with Gasteiger partial charge >= 0.3 is 12.1 Å². The fourth-order valence-electron chi connectivity index (χ4n) is 4.27. The van der Waals surface area contributed by atoms with Gasteiger partial charge in [0.1, 0.15) is 23.4 Å². The van der Waals surface area contributed by atoms with Crippen LogP contribution in [0.15, 0.2) is 24.3 Å². The molecule has 0 aliphatic heterocycles. The molecule has 2 atom stereocenters. The third kappa shape index (κ3) is 13.7. The Bertz CT molecular complexity index is 1040. The molecule has 0 heterocycles. The molecule has 5 N–H and O–H groups in total. The Labute approximate surface area is 248 Å². The fourth-order valence-corrected chi connectivity index (χ4v) is 4.27. The molecule has 0 bridgehead atoms. The normalized spacial score (nSPS) is 12.5. The molecule has 0 aliphatic rings. The number of hydrogen-bond acceptors (Lipinski definition) is 8. The SMILES string of the molecule is CCCCCCCCN(C(=O)C(CC(N)=O)NC(=O)OC(C)(C)C)C(C(=O)NCCC(=O)OCC)c1ccccc1O. The third-order valence-corrected chi connectivity index (χ3v) is 6.16. The standard InChI is InChI=1S/C30H48N4O8/c1-6-8-9-10-11-14-19-34(28(39)22(20-24(31)36)33-29(40)42-30(3,4)5)26(21-15-12-13-16-23(21)35)27(38)32-18-17-25(37)41-7-2/h12-13,15-16,22,26,35H,6-11,14,17-20H2,1-5H3,(H2,31,36)(H,32,38)(H,33,40). The lowest BCUT2D eigenvalue weighted by Gasteiger charge is -2.34. The van der Waals surface area contributed by atoms with Crippen molar-refractivity contribution < 1.29 is 38.6 Å². The molecule has 0 radical (unpaired) electrons. The number of carbonyl (C=O) groups is 5. The van der Waals surface area contributed by atoms with E-state index < -0.39 is 53.9 Å². The van der Waals surface area contributed by atoms with E-state index in [4.69, 9.17) is 15.2 Å². The quantitative estimate of drug-likeness (QED) is 0.148. The van der Waals surface area contributed by atoms with Crippen LogP contribution < -0.4 is 16.4 Å². The number of phenolic OH excluding ortho intramolecular Hbond substituents is 1. The molecule has 1 aromatic rings. The Hall–Kier alpha value is -3.83. The van der Waals surface area contributed by atoms with Crippen molar-refractivity contribution in [2.45, 2.75) is 104 Å². The predicted octanol–water partition coefficient (Wildman–Crippen LogP) is 3.46. The van der Waals surface area contributed by atoms with Crippen molar-refractivity contribution in [3.8, 4) is 5.75 Å². The number of primary amides is 1. The summed E-state index contributed by atoms with van der Waals surface area (Å²) in [5, 5.41) is 15.8. The first-order chi connectivity index (χ1) is 19.8. The number of phenols is 1. The van der Waals surface area contributed by atoms with Crippen molar-refractivity contribution >= 4 is 29.8 Å². The first-order valence-corrected chi connectivity index (χ1v) is 14.6. The third-order valence-electron chi connectivity index (χ3n) is 6.16. The van der Waals surface area contributed by atoms with Crippen molar-refractivity contribution in [3.05, 3.63) is 29.8 Å². The van der Waals surface area contributed by atoms with Crippen LogP contribution in [0.2, 0.25) is 0 Å². The van der Waals surface area contributed by atoms with Crippen molar-refractivity contribution in [2.75, 3.05) is 19.7 Å². The van der Waals surface area contributed by atoms with Gasteiger partial charge in [-0.05, 0) is 40.2 Å². The Morgan fingerprint density at radius 3 is 2.24 bits per heavy atom. The molecule has 1 rings (SSSR count). The molecular weight excluding hydrogens is 544 g/mol. The maximum absolute atomic E-state index is 14.1. The van der Waals surface area contributed by atoms with Crippen LogP contribution in [0.3, 0.4) is 0 Å². The summed E-state index contributed by atoms with van der Waals surface area (Å²) in [6.07, 6.45) is 3.80. The fraction of sp³-hybridized carbons (Fsp3) is 0.633. The molecule has 12 nitrogen and oxygen atoms in total. The second-order valence-electron chi connectivity index (χ2n) is 11.0. The van der Waals surface area contributed by atoms with Gasteiger partial charge in [-0.2, -0.15) is 0 Å². The number of esters is 1. The van der Waals surface area contributed by atoms with Crippen LogP contribution in [0, 0.1) is 0 Å². The summed E-state index contributed by atoms with van der Waals surface area (Å²) >= 11 is 0. The van der Waals surface area contributed by atoms with E-state index in [-0.39, 0.29) is 37.4 Å². The molecule has 0 fully saturated rings. The summed E-state index contributed by atoms with van der Waals surface area (Å²) in [6.45, 7) is 8.94. The molecule has 1 aromatic carbocycles. The Balaban J connectivity index is 3.44. The summed E-state index contributed by atoms with van der Waals surface area (Å²) in [7, 11) is 0. The Kier molecular flexibility index (Phi) is 16.0. The van der Waals surface area contributed by atoms with Crippen molar-refractivity contribution in [1.29, 1.82) is 0 Å². The maximum atomic E-state index is 14.1. The minimum absolute atomic E-state index is 0.0678. The summed E-state index contributed by atoms with van der Waals surface area (Å²) in [5.74, 6) is -2.98. The number of hydrogen-bond donors (Lipinski definition) is 4. The highest BCUT2D eigenvalue weighted by Gasteiger charge is 2.37. The number of aromatic hydroxyl groups is 1. The average molecular weight is 593 g/mol. The van der Waals surface area contributed by atoms with Gasteiger partial charge in [0.15, 0.2) is 0 Å². The molecule has 4 amide bonds. The van der Waals surface area contributed by atoms with Gasteiger partial charge in [-0.3, -0.25) is 19.2 Å². The number of ether oxygens (including phenoxy) is 2. The zero-order valence-corrected chi connectivity index (χ0v) is 25.6. The Morgan fingerprint density at radius 1 is 1.00 bits per heavy atom. The number of nitrogens with two attached hydrogens (primary N) is 1. The van der Waals surface area contributed by atoms with Gasteiger partial charge in [0.2, 0.25) is 17.7 Å². The van der Waals surface area contributed by atoms with Gasteiger partial charge in [-0.25, -0.2) is 4.79 Å². The van der Waals surface area contributed by atoms with Gasteiger partial charge in [-0.1, -0.05) is 57.2 Å². The van der Waals surface area contributed by atoms with Crippen LogP contribution in [0.5, 0.6) is 5.75 Å². The maximum Gasteiger partial charge on any atom is 0.408 e. The number of nitrogens with zero attached hydrogens (tertiary/aromatic N) is 1. The summed E-state index contributed by atoms with van der Waals surface area (Å²) < 4.78 is 10.2. The van der Waals surface area contributed by atoms with Crippen LogP contribution in [0.4, 0.5) is 4.79 Å². The zero-order chi connectivity index (χ0) is 31.7. The van der Waals surface area contributed by atoms with Crippen molar-refractivity contribution in [1.82, 2.24) is 15.5 Å². The number of para-hydroxylation sites is 1. The largest absolute Gasteiger partial charge is 0.508 e. The molecule has 2 unspecified atom stereocenters. The molecule has 0 saturated heterocycles. The van der Waals surface area contributed by atoms with Crippen LogP contribution in [0.1, 0.15) is 97.6 Å². The molecular formula is C30H48N4O8. The lowest BCUT2D eigenvalue weighted by Crippen LogP contribution is -2.54. The molecule has 0 saturated carbocycles. The lowest BCUT2D eigenvalue weighted by atomic mass is 10.00. The minimum atomic E-state index is -1.43. The molecule has 0 spiro atoms. The lowest BCUT2D eigenvalue weighted by molar-refractivity contribution is -0.144. The number of carbonyl (C=O) groups excluding carboxylic acids is 5. The van der Waals surface area contributed by atoms with E-state index in [1.807, 2.05) is 0 Å². The van der Waals surface area contributed by atoms with E-state index in [9.17, 15) is 29.1 Å². The average Bonchev–Trinajstić information content (AvgIpc) is 2.88. The molecule has 42 heavy (non-hydrogen) atoms. The highest BCUT2D eigenvalue weighted by atomic mass is 16.6. The molecule has 0 aliphatic carbocycles. The van der Waals surface area contributed by atoms with E-state index >= 15 is 0 Å². The van der Waals surface area contributed by atoms with Crippen molar-refractivity contribution in [2.24, 2.45) is 5.73 Å². The second-order valence-corrected chi connectivity index (χ2v) is 11.0. The monoisotopic (exact) mass is 592 g/mol. The first kappa shape index (κ1) is 36.2. The van der Waals surface area contributed by atoms with Gasteiger partial charge in [0.05, 0.1) is 19.4 Å². The van der Waals surface area contributed by atoms with Crippen LogP contribution in [0.25, 0.3) is 0 Å². The van der Waals surface area contributed by atoms with Crippen LogP contribution >= 0.6 is 0 Å². The second kappa shape index (κ2) is 18.6. The van der Waals surface area contributed by atoms with Gasteiger partial charge in [0, 0.05) is 18.7 Å². The highest BCUT2D eigenvalue weighted by molar-refractivity contribution is 5.94. The van der Waals surface area contributed by atoms with Gasteiger partial charge in [-0.15, -0.1) is 0 Å². The number of rotatable bonds is 18. The smallest absolute Gasteiger partial charge is 0.408 e. The summed E-state index contributed by atoms with van der Waals surface area (Å²) in [4.78, 5) is 65.3. The van der Waals surface area contributed by atoms with E-state index in [0.717, 1.165) is 32.1 Å². The number of nitrogens with one attached hydrogen (secondary N) is 2.